The number of carboxylic acids is 1. The van der Waals surface area contributed by atoms with Crippen LogP contribution in [-0.4, -0.2) is 41.6 Å². The van der Waals surface area contributed by atoms with Crippen LogP contribution in [0.5, 0.6) is 0 Å². The van der Waals surface area contributed by atoms with Crippen LogP contribution in [0.4, 0.5) is 0 Å². The number of carboxylic acid groups (broad SMARTS) is 1. The van der Waals surface area contributed by atoms with Gasteiger partial charge in [-0.15, -0.1) is 0 Å². The molecule has 0 aromatic carbocycles. The lowest BCUT2D eigenvalue weighted by Gasteiger charge is -2.18. The zero-order chi connectivity index (χ0) is 42.4. The van der Waals surface area contributed by atoms with Gasteiger partial charge in [0.2, 0.25) is 5.91 Å². The van der Waals surface area contributed by atoms with E-state index in [1.807, 2.05) is 0 Å². The van der Waals surface area contributed by atoms with Crippen LogP contribution in [0, 0.1) is 0 Å². The highest BCUT2D eigenvalue weighted by atomic mass is 16.5. The molecular formula is C51H96N2O5. The SMILES string of the molecule is CCCCC/C=C\C/C=C\CCCCCCCCCCCC(=O)OC(CCCCCCCCCCCCCCC)CCCCCCCC(=O)NC(CCCN)C(=O)O. The fourth-order valence-electron chi connectivity index (χ4n) is 7.72. The molecule has 340 valence electrons. The largest absolute Gasteiger partial charge is 0.480 e. The Morgan fingerprint density at radius 3 is 1.36 bits per heavy atom. The van der Waals surface area contributed by atoms with E-state index in [4.69, 9.17) is 10.5 Å². The summed E-state index contributed by atoms with van der Waals surface area (Å²) in [6.45, 7) is 4.94. The topological polar surface area (TPSA) is 119 Å². The molecule has 1 amide bonds. The fraction of sp³-hybridized carbons (Fsp3) is 0.863. The van der Waals surface area contributed by atoms with Crippen LogP contribution >= 0.6 is 0 Å². The molecule has 0 aromatic heterocycles. The molecule has 4 N–H and O–H groups in total. The normalized spacial score (nSPS) is 12.7. The average molecular weight is 817 g/mol. The van der Waals surface area contributed by atoms with Crippen molar-refractivity contribution in [1.82, 2.24) is 5.32 Å². The number of rotatable bonds is 46. The first-order valence-corrected chi connectivity index (χ1v) is 25.2. The molecule has 0 radical (unpaired) electrons. The monoisotopic (exact) mass is 817 g/mol. The smallest absolute Gasteiger partial charge is 0.326 e. The minimum atomic E-state index is -1.00. The molecule has 0 aromatic rings. The predicted octanol–water partition coefficient (Wildman–Crippen LogP) is 14.8. The summed E-state index contributed by atoms with van der Waals surface area (Å²) in [4.78, 5) is 36.5. The Balaban J connectivity index is 4.25. The van der Waals surface area contributed by atoms with Crippen molar-refractivity contribution in [2.45, 2.75) is 276 Å². The second kappa shape index (κ2) is 45.9. The Kier molecular flexibility index (Phi) is 44.2. The lowest BCUT2D eigenvalue weighted by atomic mass is 10.0. The van der Waals surface area contributed by atoms with Gasteiger partial charge in [0.05, 0.1) is 0 Å². The van der Waals surface area contributed by atoms with E-state index in [2.05, 4.69) is 43.5 Å². The maximum Gasteiger partial charge on any atom is 0.326 e. The molecule has 0 saturated carbocycles. The van der Waals surface area contributed by atoms with Gasteiger partial charge < -0.3 is 20.9 Å². The van der Waals surface area contributed by atoms with Gasteiger partial charge in [-0.05, 0) is 90.0 Å². The number of esters is 1. The van der Waals surface area contributed by atoms with Gasteiger partial charge in [-0.2, -0.15) is 0 Å². The summed E-state index contributed by atoms with van der Waals surface area (Å²) in [5.41, 5.74) is 5.50. The van der Waals surface area contributed by atoms with E-state index in [0.29, 0.717) is 32.2 Å². The summed E-state index contributed by atoms with van der Waals surface area (Å²) in [5, 5.41) is 12.0. The molecule has 7 heteroatoms. The lowest BCUT2D eigenvalue weighted by molar-refractivity contribution is -0.150. The number of ether oxygens (including phenoxy) is 1. The van der Waals surface area contributed by atoms with Crippen molar-refractivity contribution in [3.05, 3.63) is 24.3 Å². The molecule has 0 aliphatic rings. The quantitative estimate of drug-likeness (QED) is 0.0320. The van der Waals surface area contributed by atoms with E-state index < -0.39 is 12.0 Å². The van der Waals surface area contributed by atoms with Crippen molar-refractivity contribution in [1.29, 1.82) is 0 Å². The summed E-state index contributed by atoms with van der Waals surface area (Å²) in [6.07, 6.45) is 53.7. The minimum Gasteiger partial charge on any atom is -0.480 e. The van der Waals surface area contributed by atoms with Crippen LogP contribution in [0.3, 0.4) is 0 Å². The molecule has 2 unspecified atom stereocenters. The van der Waals surface area contributed by atoms with Crippen LogP contribution < -0.4 is 11.1 Å². The maximum absolute atomic E-state index is 12.9. The highest BCUT2D eigenvalue weighted by molar-refractivity contribution is 5.83. The van der Waals surface area contributed by atoms with Gasteiger partial charge in [-0.3, -0.25) is 9.59 Å². The van der Waals surface area contributed by atoms with Crippen LogP contribution in [0.15, 0.2) is 24.3 Å². The molecule has 0 heterocycles. The van der Waals surface area contributed by atoms with Crippen molar-refractivity contribution in [2.24, 2.45) is 5.73 Å². The van der Waals surface area contributed by atoms with E-state index in [1.165, 1.54) is 154 Å². The third-order valence-corrected chi connectivity index (χ3v) is 11.5. The summed E-state index contributed by atoms with van der Waals surface area (Å²) in [6, 6.07) is -0.855. The number of amides is 1. The van der Waals surface area contributed by atoms with Crippen molar-refractivity contribution in [3.8, 4) is 0 Å². The summed E-state index contributed by atoms with van der Waals surface area (Å²) < 4.78 is 6.08. The van der Waals surface area contributed by atoms with Gasteiger partial charge in [0.1, 0.15) is 12.1 Å². The first-order chi connectivity index (χ1) is 28.4. The van der Waals surface area contributed by atoms with Gasteiger partial charge in [0.25, 0.3) is 0 Å². The number of carbonyl (C=O) groups is 3. The first-order valence-electron chi connectivity index (χ1n) is 25.2. The van der Waals surface area contributed by atoms with Crippen LogP contribution in [0.1, 0.15) is 264 Å². The van der Waals surface area contributed by atoms with E-state index in [-0.39, 0.29) is 18.0 Å². The lowest BCUT2D eigenvalue weighted by Crippen LogP contribution is -2.40. The van der Waals surface area contributed by atoms with Gasteiger partial charge in [0, 0.05) is 12.8 Å². The van der Waals surface area contributed by atoms with Crippen molar-refractivity contribution in [3.63, 3.8) is 0 Å². The van der Waals surface area contributed by atoms with E-state index in [0.717, 1.165) is 70.6 Å². The highest BCUT2D eigenvalue weighted by Gasteiger charge is 2.19. The Bertz CT molecular complexity index is 967. The van der Waals surface area contributed by atoms with E-state index in [9.17, 15) is 19.5 Å². The Morgan fingerprint density at radius 2 is 0.897 bits per heavy atom. The van der Waals surface area contributed by atoms with Crippen molar-refractivity contribution >= 4 is 17.8 Å². The van der Waals surface area contributed by atoms with Crippen molar-refractivity contribution in [2.75, 3.05) is 6.54 Å². The molecule has 0 aliphatic heterocycles. The van der Waals surface area contributed by atoms with Gasteiger partial charge in [-0.25, -0.2) is 4.79 Å². The molecule has 0 fully saturated rings. The summed E-state index contributed by atoms with van der Waals surface area (Å²) in [5.74, 6) is -1.22. The first kappa shape index (κ1) is 55.9. The number of nitrogens with two attached hydrogens (primary N) is 1. The van der Waals surface area contributed by atoms with Crippen LogP contribution in [0.2, 0.25) is 0 Å². The summed E-state index contributed by atoms with van der Waals surface area (Å²) in [7, 11) is 0. The van der Waals surface area contributed by atoms with Gasteiger partial charge in [-0.1, -0.05) is 192 Å². The highest BCUT2D eigenvalue weighted by Crippen LogP contribution is 2.19. The number of nitrogens with one attached hydrogen (secondary N) is 1. The molecule has 0 rings (SSSR count). The number of carbonyl (C=O) groups excluding carboxylic acids is 2. The predicted molar refractivity (Wildman–Crippen MR) is 248 cm³/mol. The minimum absolute atomic E-state index is 0.0140. The van der Waals surface area contributed by atoms with Crippen molar-refractivity contribution < 1.29 is 24.2 Å². The molecule has 0 aliphatic carbocycles. The molecule has 2 atom stereocenters. The third-order valence-electron chi connectivity index (χ3n) is 11.5. The fourth-order valence-corrected chi connectivity index (χ4v) is 7.72. The molecule has 0 spiro atoms. The second-order valence-electron chi connectivity index (χ2n) is 17.2. The number of aliphatic carboxylic acids is 1. The number of unbranched alkanes of at least 4 members (excludes halogenated alkanes) is 28. The van der Waals surface area contributed by atoms with Gasteiger partial charge >= 0.3 is 11.9 Å². The number of hydrogen-bond acceptors (Lipinski definition) is 5. The van der Waals surface area contributed by atoms with Gasteiger partial charge in [0.15, 0.2) is 0 Å². The molecule has 58 heavy (non-hydrogen) atoms. The Hall–Kier alpha value is -2.15. The Morgan fingerprint density at radius 1 is 0.500 bits per heavy atom. The zero-order valence-electron chi connectivity index (χ0n) is 38.4. The van der Waals surface area contributed by atoms with E-state index >= 15 is 0 Å². The summed E-state index contributed by atoms with van der Waals surface area (Å²) >= 11 is 0. The molecule has 0 saturated heterocycles. The number of hydrogen-bond donors (Lipinski definition) is 3. The Labute approximate surface area is 359 Å². The molecule has 7 nitrogen and oxygen atoms in total. The zero-order valence-corrected chi connectivity index (χ0v) is 38.4. The molecule has 0 bridgehead atoms. The van der Waals surface area contributed by atoms with E-state index in [1.54, 1.807) is 0 Å². The molecular weight excluding hydrogens is 721 g/mol. The standard InChI is InChI=1S/C51H96N2O5/c1-3-5-7-9-11-13-15-17-18-19-20-21-22-24-26-28-30-35-39-45-50(55)58-47(41-36-32-29-27-25-23-16-14-12-10-8-6-4-2)42-37-33-31-34-38-44-49(54)53-48(51(56)57)43-40-46-52/h11,13,17-18,47-48H,3-10,12,14-16,19-46,52H2,1-2H3,(H,53,54)(H,56,57)/b13-11-,18-17-. The number of allylic oxidation sites excluding steroid dienone is 4. The van der Waals surface area contributed by atoms with Crippen LogP contribution in [-0.2, 0) is 19.1 Å². The second-order valence-corrected chi connectivity index (χ2v) is 17.2. The average Bonchev–Trinajstić information content (AvgIpc) is 3.21. The maximum atomic E-state index is 12.9. The van der Waals surface area contributed by atoms with Crippen LogP contribution in [0.25, 0.3) is 0 Å². The third kappa shape index (κ3) is 42.0.